The molecule has 2 heterocycles. The van der Waals surface area contributed by atoms with Crippen molar-refractivity contribution in [2.75, 3.05) is 0 Å². The van der Waals surface area contributed by atoms with Gasteiger partial charge in [-0.2, -0.15) is 9.50 Å². The van der Waals surface area contributed by atoms with Crippen LogP contribution in [0, 0.1) is 0 Å². The van der Waals surface area contributed by atoms with Gasteiger partial charge in [-0.3, -0.25) is 4.79 Å². The summed E-state index contributed by atoms with van der Waals surface area (Å²) in [6, 6.07) is 27.4. The number of benzene rings is 3. The quantitative estimate of drug-likeness (QED) is 0.440. The highest BCUT2D eigenvalue weighted by Gasteiger charge is 2.11. The van der Waals surface area contributed by atoms with Gasteiger partial charge in [0.25, 0.3) is 5.56 Å². The van der Waals surface area contributed by atoms with E-state index in [1.54, 1.807) is 0 Å². The summed E-state index contributed by atoms with van der Waals surface area (Å²) in [4.78, 5) is 17.8. The minimum Gasteiger partial charge on any atom is -0.489 e. The number of nitrogens with zero attached hydrogens (tertiary/aromatic N) is 3. The van der Waals surface area contributed by atoms with Crippen LogP contribution in [0.4, 0.5) is 0 Å². The Bertz CT molecular complexity index is 1390. The summed E-state index contributed by atoms with van der Waals surface area (Å²) in [6.07, 6.45) is 1.85. The lowest BCUT2D eigenvalue weighted by Gasteiger charge is -2.06. The lowest BCUT2D eigenvalue weighted by atomic mass is 10.2. The Kier molecular flexibility index (Phi) is 4.83. The van der Waals surface area contributed by atoms with E-state index in [1.165, 1.54) is 15.9 Å². The summed E-state index contributed by atoms with van der Waals surface area (Å²) >= 11 is 1.34. The lowest BCUT2D eigenvalue weighted by molar-refractivity contribution is 0.306. The van der Waals surface area contributed by atoms with E-state index in [1.807, 2.05) is 91.0 Å². The Morgan fingerprint density at radius 3 is 2.30 bits per heavy atom. The highest BCUT2D eigenvalue weighted by atomic mass is 32.1. The molecule has 5 nitrogen and oxygen atoms in total. The molecule has 0 fully saturated rings. The first-order valence-electron chi connectivity index (χ1n) is 9.50. The van der Waals surface area contributed by atoms with Crippen LogP contribution in [0.5, 0.6) is 5.75 Å². The Balaban J connectivity index is 1.37. The molecule has 146 valence electrons. The highest BCUT2D eigenvalue weighted by Crippen LogP contribution is 2.17. The van der Waals surface area contributed by atoms with Gasteiger partial charge in [-0.25, -0.2) is 0 Å². The second-order valence-electron chi connectivity index (χ2n) is 6.75. The van der Waals surface area contributed by atoms with E-state index in [0.29, 0.717) is 21.9 Å². The van der Waals surface area contributed by atoms with E-state index in [9.17, 15) is 4.79 Å². The molecule has 0 bridgehead atoms. The van der Waals surface area contributed by atoms with Crippen molar-refractivity contribution in [2.45, 2.75) is 6.61 Å². The van der Waals surface area contributed by atoms with Gasteiger partial charge in [0.1, 0.15) is 12.4 Å². The Hall–Kier alpha value is -3.77. The number of ether oxygens (including phenoxy) is 1. The number of hydrogen-bond acceptors (Lipinski definition) is 5. The zero-order chi connectivity index (χ0) is 20.3. The van der Waals surface area contributed by atoms with Gasteiger partial charge in [0.05, 0.1) is 4.53 Å². The van der Waals surface area contributed by atoms with Gasteiger partial charge in [-0.1, -0.05) is 84.1 Å². The van der Waals surface area contributed by atoms with E-state index >= 15 is 0 Å². The summed E-state index contributed by atoms with van der Waals surface area (Å²) < 4.78 is 7.79. The van der Waals surface area contributed by atoms with Crippen molar-refractivity contribution in [1.82, 2.24) is 14.6 Å². The van der Waals surface area contributed by atoms with Crippen molar-refractivity contribution in [3.05, 3.63) is 111 Å². The standard InChI is InChI=1S/C24H17N3O2S/c28-23-21(30-24-25-22(26-27(23)24)19-9-5-2-6-10-19)15-17-11-13-20(14-12-17)29-16-18-7-3-1-4-8-18/h1-15H,16H2/b21-15+. The van der Waals surface area contributed by atoms with Crippen LogP contribution >= 0.6 is 11.3 Å². The average molecular weight is 411 g/mol. The molecule has 5 aromatic rings. The molecule has 6 heteroatoms. The third-order valence-electron chi connectivity index (χ3n) is 4.64. The van der Waals surface area contributed by atoms with Crippen LogP contribution < -0.4 is 14.8 Å². The molecule has 0 aliphatic heterocycles. The molecule has 5 rings (SSSR count). The second-order valence-corrected chi connectivity index (χ2v) is 7.76. The molecule has 0 aliphatic carbocycles. The van der Waals surface area contributed by atoms with Crippen LogP contribution in [0.2, 0.25) is 0 Å². The van der Waals surface area contributed by atoms with Crippen LogP contribution in [-0.2, 0) is 6.61 Å². The average Bonchev–Trinajstić information content (AvgIpc) is 3.34. The maximum absolute atomic E-state index is 12.7. The first kappa shape index (κ1) is 18.3. The normalized spacial score (nSPS) is 11.8. The SMILES string of the molecule is O=c1/c(=C\c2ccc(OCc3ccccc3)cc2)sc2nc(-c3ccccc3)nn12. The molecule has 0 amide bonds. The largest absolute Gasteiger partial charge is 0.489 e. The monoisotopic (exact) mass is 411 g/mol. The van der Waals surface area contributed by atoms with Gasteiger partial charge in [-0.05, 0) is 29.3 Å². The third-order valence-corrected chi connectivity index (χ3v) is 5.60. The van der Waals surface area contributed by atoms with E-state index in [0.717, 1.165) is 22.4 Å². The fraction of sp³-hybridized carbons (Fsp3) is 0.0417. The van der Waals surface area contributed by atoms with Crippen LogP contribution in [0.15, 0.2) is 89.7 Å². The molecule has 2 aromatic heterocycles. The molecule has 0 aliphatic rings. The molecule has 0 N–H and O–H groups in total. The van der Waals surface area contributed by atoms with Gasteiger partial charge in [0, 0.05) is 5.56 Å². The topological polar surface area (TPSA) is 56.5 Å². The smallest absolute Gasteiger partial charge is 0.291 e. The molecular weight excluding hydrogens is 394 g/mol. The number of aromatic nitrogens is 3. The van der Waals surface area contributed by atoms with E-state index in [2.05, 4.69) is 10.1 Å². The molecule has 30 heavy (non-hydrogen) atoms. The molecule has 0 saturated carbocycles. The summed E-state index contributed by atoms with van der Waals surface area (Å²) in [5.74, 6) is 1.35. The fourth-order valence-corrected chi connectivity index (χ4v) is 4.00. The van der Waals surface area contributed by atoms with Gasteiger partial charge in [0.15, 0.2) is 5.82 Å². The lowest BCUT2D eigenvalue weighted by Crippen LogP contribution is -2.23. The van der Waals surface area contributed by atoms with E-state index in [-0.39, 0.29) is 5.56 Å². The van der Waals surface area contributed by atoms with Crippen molar-refractivity contribution in [1.29, 1.82) is 0 Å². The Morgan fingerprint density at radius 1 is 0.900 bits per heavy atom. The molecule has 3 aromatic carbocycles. The van der Waals surface area contributed by atoms with Crippen LogP contribution in [-0.4, -0.2) is 14.6 Å². The molecule has 0 saturated heterocycles. The Morgan fingerprint density at radius 2 is 1.60 bits per heavy atom. The van der Waals surface area contributed by atoms with E-state index < -0.39 is 0 Å². The predicted molar refractivity (Wildman–Crippen MR) is 119 cm³/mol. The van der Waals surface area contributed by atoms with Crippen molar-refractivity contribution in [3.63, 3.8) is 0 Å². The fourth-order valence-electron chi connectivity index (χ4n) is 3.10. The maximum atomic E-state index is 12.7. The number of fused-ring (bicyclic) bond motifs is 1. The van der Waals surface area contributed by atoms with Crippen molar-refractivity contribution in [2.24, 2.45) is 0 Å². The first-order chi connectivity index (χ1) is 14.8. The summed E-state index contributed by atoms with van der Waals surface area (Å²) in [7, 11) is 0. The van der Waals surface area contributed by atoms with E-state index in [4.69, 9.17) is 4.74 Å². The van der Waals surface area contributed by atoms with Crippen LogP contribution in [0.3, 0.4) is 0 Å². The third kappa shape index (κ3) is 3.73. The molecule has 0 radical (unpaired) electrons. The summed E-state index contributed by atoms with van der Waals surface area (Å²) in [5, 5.41) is 4.38. The minimum atomic E-state index is -0.158. The number of rotatable bonds is 5. The summed E-state index contributed by atoms with van der Waals surface area (Å²) in [5.41, 5.74) is 2.78. The first-order valence-corrected chi connectivity index (χ1v) is 10.3. The van der Waals surface area contributed by atoms with Crippen molar-refractivity contribution < 1.29 is 4.74 Å². The molecule has 0 spiro atoms. The van der Waals surface area contributed by atoms with Gasteiger partial charge < -0.3 is 4.74 Å². The number of thiazole rings is 1. The van der Waals surface area contributed by atoms with Gasteiger partial charge in [0.2, 0.25) is 4.96 Å². The van der Waals surface area contributed by atoms with Crippen molar-refractivity contribution in [3.8, 4) is 17.1 Å². The highest BCUT2D eigenvalue weighted by molar-refractivity contribution is 7.15. The molecule has 0 unspecified atom stereocenters. The van der Waals surface area contributed by atoms with Crippen LogP contribution in [0.1, 0.15) is 11.1 Å². The Labute approximate surface area is 176 Å². The zero-order valence-corrected chi connectivity index (χ0v) is 16.8. The predicted octanol–water partition coefficient (Wildman–Crippen LogP) is 3.94. The zero-order valence-electron chi connectivity index (χ0n) is 15.9. The summed E-state index contributed by atoms with van der Waals surface area (Å²) in [6.45, 7) is 0.520. The van der Waals surface area contributed by atoms with Gasteiger partial charge >= 0.3 is 0 Å². The maximum Gasteiger partial charge on any atom is 0.291 e. The molecule has 0 atom stereocenters. The second kappa shape index (κ2) is 7.93. The number of hydrogen-bond donors (Lipinski definition) is 0. The van der Waals surface area contributed by atoms with Crippen LogP contribution in [0.25, 0.3) is 22.4 Å². The van der Waals surface area contributed by atoms with Gasteiger partial charge in [-0.15, -0.1) is 5.10 Å². The molecular formula is C24H17N3O2S. The van der Waals surface area contributed by atoms with Crippen molar-refractivity contribution >= 4 is 22.4 Å². The minimum absolute atomic E-state index is 0.158.